The van der Waals surface area contributed by atoms with Crippen LogP contribution in [0.5, 0.6) is 0 Å². The van der Waals surface area contributed by atoms with Crippen LogP contribution < -0.4 is 0 Å². The zero-order valence-corrected chi connectivity index (χ0v) is 10.9. The van der Waals surface area contributed by atoms with Gasteiger partial charge in [-0.2, -0.15) is 5.10 Å². The number of rotatable bonds is 2. The fourth-order valence-corrected chi connectivity index (χ4v) is 2.56. The molecule has 1 atom stereocenters. The molecule has 0 spiro atoms. The van der Waals surface area contributed by atoms with E-state index in [-0.39, 0.29) is 6.10 Å². The summed E-state index contributed by atoms with van der Waals surface area (Å²) in [5.74, 6) is 0. The van der Waals surface area contributed by atoms with Crippen LogP contribution in [0.4, 0.5) is 0 Å². The van der Waals surface area contributed by atoms with E-state index in [1.54, 1.807) is 6.20 Å². The third kappa shape index (κ3) is 2.28. The summed E-state index contributed by atoms with van der Waals surface area (Å²) in [6.45, 7) is 1.56. The summed E-state index contributed by atoms with van der Waals surface area (Å²) in [5, 5.41) is 4.27. The Bertz CT molecular complexity index is 524. The highest BCUT2D eigenvalue weighted by molar-refractivity contribution is 9.10. The molecule has 88 valence electrons. The lowest BCUT2D eigenvalue weighted by molar-refractivity contribution is 0.0283. The highest BCUT2D eigenvalue weighted by Gasteiger charge is 2.20. The molecule has 3 rings (SSSR count). The van der Waals surface area contributed by atoms with Crippen molar-refractivity contribution in [3.8, 4) is 0 Å². The van der Waals surface area contributed by atoms with Crippen LogP contribution in [0, 0.1) is 0 Å². The highest BCUT2D eigenvalue weighted by Crippen LogP contribution is 2.28. The van der Waals surface area contributed by atoms with Crippen LogP contribution in [0.25, 0.3) is 0 Å². The summed E-state index contributed by atoms with van der Waals surface area (Å²) >= 11 is 3.40. The van der Waals surface area contributed by atoms with Gasteiger partial charge in [0.15, 0.2) is 0 Å². The van der Waals surface area contributed by atoms with E-state index in [1.807, 2.05) is 10.9 Å². The predicted molar refractivity (Wildman–Crippen MR) is 68.8 cm³/mol. The third-order valence-corrected chi connectivity index (χ3v) is 3.46. The molecule has 1 aliphatic heterocycles. The van der Waals surface area contributed by atoms with Gasteiger partial charge in [-0.1, -0.05) is 24.3 Å². The van der Waals surface area contributed by atoms with Crippen LogP contribution in [0.3, 0.4) is 0 Å². The molecule has 0 bridgehead atoms. The summed E-state index contributed by atoms with van der Waals surface area (Å²) in [7, 11) is 0. The van der Waals surface area contributed by atoms with Gasteiger partial charge in [0.1, 0.15) is 6.10 Å². The van der Waals surface area contributed by atoms with Gasteiger partial charge in [-0.3, -0.25) is 4.68 Å². The number of ether oxygens (including phenoxy) is 1. The molecule has 0 N–H and O–H groups in total. The fourth-order valence-electron chi connectivity index (χ4n) is 2.24. The Morgan fingerprint density at radius 2 is 2.29 bits per heavy atom. The number of aromatic nitrogens is 2. The largest absolute Gasteiger partial charge is 0.371 e. The predicted octanol–water partition coefficient (Wildman–Crippen LogP) is 2.96. The van der Waals surface area contributed by atoms with Crippen molar-refractivity contribution in [1.29, 1.82) is 0 Å². The minimum absolute atomic E-state index is 0.117. The van der Waals surface area contributed by atoms with Gasteiger partial charge in [0.05, 0.1) is 23.8 Å². The maximum Gasteiger partial charge on any atom is 0.102 e. The quantitative estimate of drug-likeness (QED) is 0.851. The monoisotopic (exact) mass is 292 g/mol. The van der Waals surface area contributed by atoms with Crippen molar-refractivity contribution in [2.24, 2.45) is 0 Å². The van der Waals surface area contributed by atoms with Crippen LogP contribution in [0.2, 0.25) is 0 Å². The van der Waals surface area contributed by atoms with Crippen molar-refractivity contribution < 1.29 is 4.74 Å². The van der Waals surface area contributed by atoms with E-state index >= 15 is 0 Å². The Hall–Kier alpha value is -1.13. The molecule has 1 aromatic heterocycles. The Labute approximate surface area is 109 Å². The van der Waals surface area contributed by atoms with E-state index in [0.717, 1.165) is 24.0 Å². The first-order chi connectivity index (χ1) is 8.33. The Balaban J connectivity index is 1.85. The van der Waals surface area contributed by atoms with Gasteiger partial charge in [-0.15, -0.1) is 0 Å². The molecule has 0 aliphatic carbocycles. The van der Waals surface area contributed by atoms with E-state index in [9.17, 15) is 0 Å². The summed E-state index contributed by atoms with van der Waals surface area (Å²) in [4.78, 5) is 0. The van der Waals surface area contributed by atoms with Crippen molar-refractivity contribution in [2.75, 3.05) is 6.61 Å². The van der Waals surface area contributed by atoms with Gasteiger partial charge in [-0.25, -0.2) is 0 Å². The number of nitrogens with zero attached hydrogens (tertiary/aromatic N) is 2. The maximum absolute atomic E-state index is 5.84. The summed E-state index contributed by atoms with van der Waals surface area (Å²) < 4.78 is 8.76. The van der Waals surface area contributed by atoms with Crippen LogP contribution >= 0.6 is 15.9 Å². The maximum atomic E-state index is 5.84. The minimum Gasteiger partial charge on any atom is -0.371 e. The van der Waals surface area contributed by atoms with Gasteiger partial charge in [0.25, 0.3) is 0 Å². The number of halogens is 1. The van der Waals surface area contributed by atoms with Crippen LogP contribution in [-0.2, 0) is 17.7 Å². The van der Waals surface area contributed by atoms with Crippen molar-refractivity contribution in [2.45, 2.75) is 19.1 Å². The molecular formula is C13H13BrN2O. The van der Waals surface area contributed by atoms with Crippen LogP contribution in [-0.4, -0.2) is 16.4 Å². The number of fused-ring (bicyclic) bond motifs is 1. The second-order valence-electron chi connectivity index (χ2n) is 4.19. The van der Waals surface area contributed by atoms with Gasteiger partial charge in [-0.05, 0) is 33.5 Å². The van der Waals surface area contributed by atoms with Gasteiger partial charge in [0, 0.05) is 6.20 Å². The van der Waals surface area contributed by atoms with Crippen LogP contribution in [0.1, 0.15) is 17.2 Å². The molecular weight excluding hydrogens is 280 g/mol. The second kappa shape index (κ2) is 4.63. The normalized spacial score (nSPS) is 19.0. The molecule has 0 amide bonds. The first kappa shape index (κ1) is 11.0. The molecule has 0 fully saturated rings. The molecule has 0 saturated heterocycles. The fraction of sp³-hybridized carbons (Fsp3) is 0.308. The smallest absolute Gasteiger partial charge is 0.102 e. The first-order valence-corrected chi connectivity index (χ1v) is 6.49. The lowest BCUT2D eigenvalue weighted by atomic mass is 9.98. The zero-order valence-electron chi connectivity index (χ0n) is 9.34. The Morgan fingerprint density at radius 1 is 1.41 bits per heavy atom. The summed E-state index contributed by atoms with van der Waals surface area (Å²) in [6.07, 6.45) is 4.90. The van der Waals surface area contributed by atoms with Crippen LogP contribution in [0.15, 0.2) is 41.1 Å². The number of hydrogen-bond acceptors (Lipinski definition) is 2. The molecule has 1 unspecified atom stereocenters. The molecule has 4 heteroatoms. The van der Waals surface area contributed by atoms with Crippen molar-refractivity contribution in [3.05, 3.63) is 52.3 Å². The lowest BCUT2D eigenvalue weighted by Gasteiger charge is -2.25. The number of hydrogen-bond donors (Lipinski definition) is 0. The molecule has 1 aliphatic rings. The first-order valence-electron chi connectivity index (χ1n) is 5.70. The SMILES string of the molecule is Brc1cnn(CC2OCCc3ccccc32)c1. The zero-order chi connectivity index (χ0) is 11.7. The molecule has 0 radical (unpaired) electrons. The second-order valence-corrected chi connectivity index (χ2v) is 5.10. The molecule has 3 nitrogen and oxygen atoms in total. The third-order valence-electron chi connectivity index (χ3n) is 3.05. The Kier molecular flexibility index (Phi) is 2.99. The molecule has 2 aromatic rings. The van der Waals surface area contributed by atoms with Crippen molar-refractivity contribution in [1.82, 2.24) is 9.78 Å². The van der Waals surface area contributed by atoms with Crippen molar-refractivity contribution in [3.63, 3.8) is 0 Å². The van der Waals surface area contributed by atoms with Crippen molar-refractivity contribution >= 4 is 15.9 Å². The van der Waals surface area contributed by atoms with E-state index in [4.69, 9.17) is 4.74 Å². The topological polar surface area (TPSA) is 27.1 Å². The summed E-state index contributed by atoms with van der Waals surface area (Å²) in [5.41, 5.74) is 2.69. The molecule has 17 heavy (non-hydrogen) atoms. The molecule has 2 heterocycles. The average Bonchev–Trinajstić information content (AvgIpc) is 2.75. The van der Waals surface area contributed by atoms with E-state index in [1.165, 1.54) is 11.1 Å². The van der Waals surface area contributed by atoms with Gasteiger partial charge in [0.2, 0.25) is 0 Å². The Morgan fingerprint density at radius 3 is 3.12 bits per heavy atom. The minimum atomic E-state index is 0.117. The van der Waals surface area contributed by atoms with Gasteiger partial charge >= 0.3 is 0 Å². The highest BCUT2D eigenvalue weighted by atomic mass is 79.9. The lowest BCUT2D eigenvalue weighted by Crippen LogP contribution is -2.20. The average molecular weight is 293 g/mol. The van der Waals surface area contributed by atoms with Gasteiger partial charge < -0.3 is 4.74 Å². The standard InChI is InChI=1S/C13H13BrN2O/c14-11-7-15-16(8-11)9-13-12-4-2-1-3-10(12)5-6-17-13/h1-4,7-8,13H,5-6,9H2. The van der Waals surface area contributed by atoms with E-state index < -0.39 is 0 Å². The molecule has 1 aromatic carbocycles. The number of benzene rings is 1. The summed E-state index contributed by atoms with van der Waals surface area (Å²) in [6, 6.07) is 8.49. The molecule has 0 saturated carbocycles. The van der Waals surface area contributed by atoms with E-state index in [2.05, 4.69) is 45.3 Å². The van der Waals surface area contributed by atoms with E-state index in [0.29, 0.717) is 0 Å².